The van der Waals surface area contributed by atoms with Crippen LogP contribution in [0, 0.1) is 6.92 Å². The summed E-state index contributed by atoms with van der Waals surface area (Å²) in [7, 11) is 3.19. The lowest BCUT2D eigenvalue weighted by Crippen LogP contribution is -2.28. The predicted molar refractivity (Wildman–Crippen MR) is 93.2 cm³/mol. The van der Waals surface area contributed by atoms with Gasteiger partial charge in [0.2, 0.25) is 0 Å². The molecule has 2 rings (SSSR count). The molecule has 24 heavy (non-hydrogen) atoms. The van der Waals surface area contributed by atoms with Crippen molar-refractivity contribution in [1.29, 1.82) is 0 Å². The summed E-state index contributed by atoms with van der Waals surface area (Å²) in [4.78, 5) is 12.4. The van der Waals surface area contributed by atoms with Crippen LogP contribution in [0.25, 0.3) is 0 Å². The largest absolute Gasteiger partial charge is 0.493 e. The Morgan fingerprint density at radius 2 is 2.00 bits per heavy atom. The minimum Gasteiger partial charge on any atom is -0.493 e. The monoisotopic (exact) mass is 351 g/mol. The van der Waals surface area contributed by atoms with Crippen molar-refractivity contribution in [2.75, 3.05) is 20.8 Å². The maximum atomic E-state index is 12.4. The van der Waals surface area contributed by atoms with Crippen LogP contribution in [0.1, 0.15) is 28.7 Å². The van der Waals surface area contributed by atoms with Gasteiger partial charge in [-0.1, -0.05) is 17.7 Å². The maximum Gasteiger partial charge on any atom is 0.271 e. The number of carbonyl (C=O) groups is 1. The Kier molecular flexibility index (Phi) is 6.09. The van der Waals surface area contributed by atoms with Gasteiger partial charge < -0.3 is 14.8 Å². The number of ether oxygens (including phenoxy) is 2. The molecule has 0 radical (unpaired) electrons. The fourth-order valence-electron chi connectivity index (χ4n) is 2.45. The molecule has 1 heterocycles. The van der Waals surface area contributed by atoms with E-state index in [1.54, 1.807) is 25.8 Å². The van der Waals surface area contributed by atoms with Crippen molar-refractivity contribution in [3.05, 3.63) is 40.2 Å². The molecule has 0 aliphatic carbocycles. The van der Waals surface area contributed by atoms with Crippen molar-refractivity contribution in [3.8, 4) is 11.5 Å². The van der Waals surface area contributed by atoms with Gasteiger partial charge in [-0.2, -0.15) is 5.10 Å². The van der Waals surface area contributed by atoms with E-state index in [-0.39, 0.29) is 5.91 Å². The molecule has 1 aromatic heterocycles. The minimum absolute atomic E-state index is 0.220. The van der Waals surface area contributed by atoms with Crippen molar-refractivity contribution in [1.82, 2.24) is 15.1 Å². The highest BCUT2D eigenvalue weighted by Crippen LogP contribution is 2.27. The van der Waals surface area contributed by atoms with Crippen molar-refractivity contribution >= 4 is 17.5 Å². The second-order valence-corrected chi connectivity index (χ2v) is 5.64. The number of hydrogen-bond acceptors (Lipinski definition) is 4. The summed E-state index contributed by atoms with van der Waals surface area (Å²) in [6.07, 6.45) is 0.670. The average molecular weight is 352 g/mol. The van der Waals surface area contributed by atoms with E-state index in [2.05, 4.69) is 10.4 Å². The summed E-state index contributed by atoms with van der Waals surface area (Å²) in [5.41, 5.74) is 2.10. The number of amides is 1. The molecule has 130 valence electrons. The van der Waals surface area contributed by atoms with Crippen molar-refractivity contribution in [2.24, 2.45) is 0 Å². The summed E-state index contributed by atoms with van der Waals surface area (Å²) >= 11 is 6.18. The first-order chi connectivity index (χ1) is 11.5. The third kappa shape index (κ3) is 3.82. The van der Waals surface area contributed by atoms with E-state index >= 15 is 0 Å². The number of hydrogen-bond donors (Lipinski definition) is 1. The Morgan fingerprint density at radius 3 is 2.62 bits per heavy atom. The number of aromatic nitrogens is 2. The number of aryl methyl sites for hydroxylation is 2. The third-order valence-electron chi connectivity index (χ3n) is 3.72. The zero-order valence-electron chi connectivity index (χ0n) is 14.4. The first kappa shape index (κ1) is 18.1. The Morgan fingerprint density at radius 1 is 1.29 bits per heavy atom. The van der Waals surface area contributed by atoms with Gasteiger partial charge >= 0.3 is 0 Å². The highest BCUT2D eigenvalue weighted by atomic mass is 35.5. The predicted octanol–water partition coefficient (Wildman–Crippen LogP) is 2.85. The molecule has 0 bridgehead atoms. The van der Waals surface area contributed by atoms with Crippen LogP contribution >= 0.6 is 11.6 Å². The number of methoxy groups -OCH3 is 2. The fraction of sp³-hybridized carbons (Fsp3) is 0.412. The molecule has 0 saturated heterocycles. The summed E-state index contributed by atoms with van der Waals surface area (Å²) in [5, 5.41) is 7.54. The maximum absolute atomic E-state index is 12.4. The number of rotatable bonds is 7. The van der Waals surface area contributed by atoms with Gasteiger partial charge in [0.05, 0.1) is 24.9 Å². The van der Waals surface area contributed by atoms with Gasteiger partial charge in [-0.3, -0.25) is 9.48 Å². The van der Waals surface area contributed by atoms with Gasteiger partial charge in [0, 0.05) is 13.1 Å². The second-order valence-electron chi connectivity index (χ2n) is 5.26. The molecule has 0 aliphatic heterocycles. The van der Waals surface area contributed by atoms with E-state index in [0.717, 1.165) is 5.56 Å². The summed E-state index contributed by atoms with van der Waals surface area (Å²) < 4.78 is 12.1. The van der Waals surface area contributed by atoms with E-state index in [0.29, 0.717) is 47.4 Å². The lowest BCUT2D eigenvalue weighted by molar-refractivity contribution is 0.0943. The van der Waals surface area contributed by atoms with Crippen LogP contribution in [0.15, 0.2) is 18.2 Å². The number of benzene rings is 1. The van der Waals surface area contributed by atoms with E-state index in [9.17, 15) is 4.79 Å². The first-order valence-electron chi connectivity index (χ1n) is 7.73. The quantitative estimate of drug-likeness (QED) is 0.833. The minimum atomic E-state index is -0.220. The molecule has 0 unspecified atom stereocenters. The molecule has 1 amide bonds. The topological polar surface area (TPSA) is 65.4 Å². The zero-order valence-corrected chi connectivity index (χ0v) is 15.1. The summed E-state index contributed by atoms with van der Waals surface area (Å²) in [6.45, 7) is 4.78. The summed E-state index contributed by atoms with van der Waals surface area (Å²) in [6, 6.07) is 5.70. The Hall–Kier alpha value is -2.21. The van der Waals surface area contributed by atoms with Crippen LogP contribution < -0.4 is 14.8 Å². The van der Waals surface area contributed by atoms with Crippen LogP contribution in [-0.4, -0.2) is 36.5 Å². The van der Waals surface area contributed by atoms with Crippen LogP contribution in [0.2, 0.25) is 5.02 Å². The van der Waals surface area contributed by atoms with Crippen molar-refractivity contribution in [2.45, 2.75) is 26.8 Å². The van der Waals surface area contributed by atoms with E-state index < -0.39 is 0 Å². The van der Waals surface area contributed by atoms with Crippen LogP contribution in [0.4, 0.5) is 0 Å². The normalized spacial score (nSPS) is 10.5. The number of nitrogens with zero attached hydrogens (tertiary/aromatic N) is 2. The van der Waals surface area contributed by atoms with Gasteiger partial charge in [0.15, 0.2) is 11.5 Å². The van der Waals surface area contributed by atoms with Crippen LogP contribution in [0.5, 0.6) is 11.5 Å². The molecule has 1 N–H and O–H groups in total. The fourth-order valence-corrected chi connectivity index (χ4v) is 2.67. The molecule has 7 heteroatoms. The molecule has 0 atom stereocenters. The Balaban J connectivity index is 2.01. The van der Waals surface area contributed by atoms with Gasteiger partial charge in [0.1, 0.15) is 5.69 Å². The highest BCUT2D eigenvalue weighted by Gasteiger charge is 2.19. The van der Waals surface area contributed by atoms with Gasteiger partial charge in [-0.05, 0) is 38.0 Å². The van der Waals surface area contributed by atoms with Gasteiger partial charge in [-0.25, -0.2) is 0 Å². The first-order valence-corrected chi connectivity index (χ1v) is 8.11. The number of halogens is 1. The third-order valence-corrected chi connectivity index (χ3v) is 4.17. The summed E-state index contributed by atoms with van der Waals surface area (Å²) in [5.74, 6) is 1.13. The molecule has 0 spiro atoms. The standard InChI is InChI=1S/C17H22ClN3O3/c1-5-21-16(15(18)11(2)20-21)17(22)19-9-8-12-6-7-13(23-3)14(10-12)24-4/h6-7,10H,5,8-9H2,1-4H3,(H,19,22). The molecule has 0 fully saturated rings. The molecule has 2 aromatic rings. The van der Waals surface area contributed by atoms with Gasteiger partial charge in [0.25, 0.3) is 5.91 Å². The van der Waals surface area contributed by atoms with Crippen LogP contribution in [0.3, 0.4) is 0 Å². The lowest BCUT2D eigenvalue weighted by Gasteiger charge is -2.10. The van der Waals surface area contributed by atoms with E-state index in [1.807, 2.05) is 25.1 Å². The molecule has 0 saturated carbocycles. The molecule has 1 aromatic carbocycles. The second kappa shape index (κ2) is 8.06. The Labute approximate surface area is 146 Å². The zero-order chi connectivity index (χ0) is 17.7. The molecule has 6 nitrogen and oxygen atoms in total. The Bertz CT molecular complexity index is 728. The molecular weight excluding hydrogens is 330 g/mol. The van der Waals surface area contributed by atoms with Crippen LogP contribution in [-0.2, 0) is 13.0 Å². The molecule has 0 aliphatic rings. The van der Waals surface area contributed by atoms with E-state index in [4.69, 9.17) is 21.1 Å². The van der Waals surface area contributed by atoms with Crippen molar-refractivity contribution in [3.63, 3.8) is 0 Å². The highest BCUT2D eigenvalue weighted by molar-refractivity contribution is 6.34. The number of nitrogens with one attached hydrogen (secondary N) is 1. The smallest absolute Gasteiger partial charge is 0.271 e. The SMILES string of the molecule is CCn1nc(C)c(Cl)c1C(=O)NCCc1ccc(OC)c(OC)c1. The van der Waals surface area contributed by atoms with E-state index in [1.165, 1.54) is 0 Å². The number of carbonyl (C=O) groups excluding carboxylic acids is 1. The average Bonchev–Trinajstić information content (AvgIpc) is 2.89. The molecular formula is C17H22ClN3O3. The lowest BCUT2D eigenvalue weighted by atomic mass is 10.1. The van der Waals surface area contributed by atoms with Gasteiger partial charge in [-0.15, -0.1) is 0 Å². The van der Waals surface area contributed by atoms with Crippen molar-refractivity contribution < 1.29 is 14.3 Å².